The third-order valence-corrected chi connectivity index (χ3v) is 2.65. The van der Waals surface area contributed by atoms with Crippen LogP contribution in [-0.4, -0.2) is 11.5 Å². The summed E-state index contributed by atoms with van der Waals surface area (Å²) in [6, 6.07) is 0. The fourth-order valence-electron chi connectivity index (χ4n) is 1.93. The van der Waals surface area contributed by atoms with E-state index in [0.717, 1.165) is 25.7 Å². The number of carbonyl (C=O) groups excluding carboxylic acids is 1. The van der Waals surface area contributed by atoms with Gasteiger partial charge in [-0.15, -0.1) is 0 Å². The maximum Gasteiger partial charge on any atom is 0.268 e. The molecule has 3 heteroatoms. The highest BCUT2D eigenvalue weighted by Gasteiger charge is 2.41. The molecule has 0 aromatic rings. The zero-order valence-corrected chi connectivity index (χ0v) is 7.01. The van der Waals surface area contributed by atoms with Gasteiger partial charge in [-0.25, -0.2) is 0 Å². The Bertz CT molecular complexity index is 217. The molecule has 1 N–H and O–H groups in total. The molecule has 1 saturated carbocycles. The minimum absolute atomic E-state index is 0.0321. The first-order chi connectivity index (χ1) is 5.83. The van der Waals surface area contributed by atoms with Gasteiger partial charge < -0.3 is 10.1 Å². The molecule has 12 heavy (non-hydrogen) atoms. The summed E-state index contributed by atoms with van der Waals surface area (Å²) in [7, 11) is 0. The van der Waals surface area contributed by atoms with Gasteiger partial charge >= 0.3 is 0 Å². The van der Waals surface area contributed by atoms with Gasteiger partial charge in [0.2, 0.25) is 0 Å². The Kier molecular flexibility index (Phi) is 1.79. The molecule has 0 radical (unpaired) electrons. The summed E-state index contributed by atoms with van der Waals surface area (Å²) < 4.78 is 5.43. The van der Waals surface area contributed by atoms with Crippen LogP contribution in [0.25, 0.3) is 0 Å². The van der Waals surface area contributed by atoms with Crippen LogP contribution in [0.2, 0.25) is 0 Å². The van der Waals surface area contributed by atoms with Gasteiger partial charge in [0.15, 0.2) is 5.60 Å². The van der Waals surface area contributed by atoms with Crippen LogP contribution in [0, 0.1) is 0 Å². The molecule has 1 amide bonds. The molecule has 66 valence electrons. The van der Waals surface area contributed by atoms with Gasteiger partial charge in [-0.1, -0.05) is 6.42 Å². The predicted octanol–water partition coefficient (Wildman–Crippen LogP) is 1.31. The molecule has 0 bridgehead atoms. The maximum absolute atomic E-state index is 11.5. The number of nitrogens with one attached hydrogen (secondary N) is 1. The van der Waals surface area contributed by atoms with E-state index in [1.807, 2.05) is 0 Å². The average Bonchev–Trinajstić information content (AvgIpc) is 2.12. The van der Waals surface area contributed by atoms with E-state index in [4.69, 9.17) is 4.74 Å². The summed E-state index contributed by atoms with van der Waals surface area (Å²) in [5, 5.41) is 2.70. The lowest BCUT2D eigenvalue weighted by atomic mass is 9.83. The van der Waals surface area contributed by atoms with Gasteiger partial charge in [-0.3, -0.25) is 4.79 Å². The second-order valence-corrected chi connectivity index (χ2v) is 3.45. The Morgan fingerprint density at radius 3 is 2.75 bits per heavy atom. The van der Waals surface area contributed by atoms with E-state index < -0.39 is 5.60 Å². The van der Waals surface area contributed by atoms with Crippen molar-refractivity contribution in [2.24, 2.45) is 0 Å². The van der Waals surface area contributed by atoms with Gasteiger partial charge in [0, 0.05) is 6.20 Å². The van der Waals surface area contributed by atoms with E-state index in [-0.39, 0.29) is 5.91 Å². The monoisotopic (exact) mass is 167 g/mol. The first kappa shape index (κ1) is 7.65. The second kappa shape index (κ2) is 2.81. The molecule has 0 atom stereocenters. The molecule has 1 heterocycles. The van der Waals surface area contributed by atoms with Crippen molar-refractivity contribution in [2.75, 3.05) is 0 Å². The van der Waals surface area contributed by atoms with Gasteiger partial charge in [-0.05, 0) is 25.7 Å². The minimum atomic E-state index is -0.521. The molecule has 1 spiro atoms. The predicted molar refractivity (Wildman–Crippen MR) is 44.2 cm³/mol. The number of carbonyl (C=O) groups is 1. The number of amides is 1. The van der Waals surface area contributed by atoms with E-state index in [0.29, 0.717) is 0 Å². The zero-order chi connectivity index (χ0) is 8.44. The van der Waals surface area contributed by atoms with Crippen molar-refractivity contribution in [3.8, 4) is 0 Å². The number of hydrogen-bond acceptors (Lipinski definition) is 2. The fraction of sp³-hybridized carbons (Fsp3) is 0.667. The topological polar surface area (TPSA) is 38.3 Å². The Balaban J connectivity index is 2.16. The van der Waals surface area contributed by atoms with Crippen molar-refractivity contribution in [3.05, 3.63) is 12.5 Å². The van der Waals surface area contributed by atoms with E-state index in [9.17, 15) is 4.79 Å². The smallest absolute Gasteiger partial charge is 0.268 e. The van der Waals surface area contributed by atoms with Gasteiger partial charge in [0.1, 0.15) is 6.26 Å². The normalized spacial score (nSPS) is 26.5. The van der Waals surface area contributed by atoms with Crippen molar-refractivity contribution in [1.82, 2.24) is 5.32 Å². The third kappa shape index (κ3) is 1.09. The highest BCUT2D eigenvalue weighted by Crippen LogP contribution is 2.33. The summed E-state index contributed by atoms with van der Waals surface area (Å²) in [4.78, 5) is 11.5. The van der Waals surface area contributed by atoms with E-state index in [2.05, 4.69) is 5.32 Å². The van der Waals surface area contributed by atoms with Crippen LogP contribution < -0.4 is 5.32 Å². The highest BCUT2D eigenvalue weighted by atomic mass is 16.5. The Labute approximate surface area is 71.8 Å². The lowest BCUT2D eigenvalue weighted by Gasteiger charge is -2.36. The fourth-order valence-corrected chi connectivity index (χ4v) is 1.93. The van der Waals surface area contributed by atoms with Crippen LogP contribution in [-0.2, 0) is 9.53 Å². The molecule has 2 aliphatic rings. The van der Waals surface area contributed by atoms with Crippen LogP contribution in [0.1, 0.15) is 32.1 Å². The van der Waals surface area contributed by atoms with Crippen molar-refractivity contribution in [2.45, 2.75) is 37.7 Å². The van der Waals surface area contributed by atoms with Crippen molar-refractivity contribution < 1.29 is 9.53 Å². The quantitative estimate of drug-likeness (QED) is 0.590. The van der Waals surface area contributed by atoms with E-state index >= 15 is 0 Å². The summed E-state index contributed by atoms with van der Waals surface area (Å²) in [5.41, 5.74) is -0.521. The summed E-state index contributed by atoms with van der Waals surface area (Å²) in [6.45, 7) is 0. The molecule has 0 aromatic heterocycles. The van der Waals surface area contributed by atoms with Crippen molar-refractivity contribution in [3.63, 3.8) is 0 Å². The average molecular weight is 167 g/mol. The molecular weight excluding hydrogens is 154 g/mol. The Hall–Kier alpha value is -0.990. The van der Waals surface area contributed by atoms with E-state index in [1.165, 1.54) is 6.42 Å². The van der Waals surface area contributed by atoms with Crippen LogP contribution in [0.5, 0.6) is 0 Å². The van der Waals surface area contributed by atoms with Gasteiger partial charge in [-0.2, -0.15) is 0 Å². The molecule has 0 unspecified atom stereocenters. The molecule has 3 nitrogen and oxygen atoms in total. The van der Waals surface area contributed by atoms with Crippen molar-refractivity contribution >= 4 is 5.91 Å². The first-order valence-corrected chi connectivity index (χ1v) is 4.47. The molecule has 1 aliphatic carbocycles. The molecule has 0 aromatic carbocycles. The Morgan fingerprint density at radius 1 is 1.33 bits per heavy atom. The molecular formula is C9H13NO2. The molecule has 1 fully saturated rings. The number of rotatable bonds is 0. The number of ether oxygens (including phenoxy) is 1. The van der Waals surface area contributed by atoms with Crippen LogP contribution in [0.15, 0.2) is 12.5 Å². The van der Waals surface area contributed by atoms with Crippen LogP contribution in [0.3, 0.4) is 0 Å². The lowest BCUT2D eigenvalue weighted by Crippen LogP contribution is -2.49. The zero-order valence-electron chi connectivity index (χ0n) is 7.01. The standard InChI is InChI=1S/C9H13NO2/c11-8-9(12-7-6-10-8)4-2-1-3-5-9/h6-7H,1-5H2,(H,10,11). The molecule has 2 rings (SSSR count). The SMILES string of the molecule is O=C1NC=COC12CCCCC2. The van der Waals surface area contributed by atoms with Crippen LogP contribution >= 0.6 is 0 Å². The van der Waals surface area contributed by atoms with Crippen molar-refractivity contribution in [1.29, 1.82) is 0 Å². The largest absolute Gasteiger partial charge is 0.484 e. The van der Waals surface area contributed by atoms with Gasteiger partial charge in [0.25, 0.3) is 5.91 Å². The maximum atomic E-state index is 11.5. The summed E-state index contributed by atoms with van der Waals surface area (Å²) in [5.74, 6) is 0.0321. The first-order valence-electron chi connectivity index (χ1n) is 4.47. The van der Waals surface area contributed by atoms with Crippen LogP contribution in [0.4, 0.5) is 0 Å². The summed E-state index contributed by atoms with van der Waals surface area (Å²) in [6.07, 6.45) is 8.30. The lowest BCUT2D eigenvalue weighted by molar-refractivity contribution is -0.145. The summed E-state index contributed by atoms with van der Waals surface area (Å²) >= 11 is 0. The van der Waals surface area contributed by atoms with E-state index in [1.54, 1.807) is 12.5 Å². The molecule has 1 aliphatic heterocycles. The second-order valence-electron chi connectivity index (χ2n) is 3.45. The van der Waals surface area contributed by atoms with Gasteiger partial charge in [0.05, 0.1) is 0 Å². The Morgan fingerprint density at radius 2 is 2.08 bits per heavy atom. The highest BCUT2D eigenvalue weighted by molar-refractivity contribution is 5.86. The molecule has 0 saturated heterocycles. The third-order valence-electron chi connectivity index (χ3n) is 2.65. The number of hydrogen-bond donors (Lipinski definition) is 1. The minimum Gasteiger partial charge on any atom is -0.484 e.